The number of benzene rings is 1. The molecular weight excluding hydrogens is 210 g/mol. The maximum absolute atomic E-state index is 5.81. The van der Waals surface area contributed by atoms with Crippen molar-refractivity contribution in [3.63, 3.8) is 0 Å². The highest BCUT2D eigenvalue weighted by atomic mass is 15.1. The molecule has 92 valence electrons. The van der Waals surface area contributed by atoms with Gasteiger partial charge >= 0.3 is 0 Å². The highest BCUT2D eigenvalue weighted by molar-refractivity contribution is 5.76. The van der Waals surface area contributed by atoms with Gasteiger partial charge in [-0.3, -0.25) is 0 Å². The average molecular weight is 231 g/mol. The second-order valence-electron chi connectivity index (χ2n) is 5.07. The molecule has 1 aromatic carbocycles. The van der Waals surface area contributed by atoms with Crippen LogP contribution in [0.5, 0.6) is 0 Å². The summed E-state index contributed by atoms with van der Waals surface area (Å²) in [6, 6.07) is 8.59. The SMILES string of the molecule is CC(C)Cc1nc2ccccc2n1C(C)CN. The first-order valence-electron chi connectivity index (χ1n) is 6.29. The van der Waals surface area contributed by atoms with E-state index >= 15 is 0 Å². The summed E-state index contributed by atoms with van der Waals surface area (Å²) in [5.74, 6) is 1.76. The van der Waals surface area contributed by atoms with Crippen LogP contribution in [0.25, 0.3) is 11.0 Å². The lowest BCUT2D eigenvalue weighted by Gasteiger charge is -2.16. The van der Waals surface area contributed by atoms with E-state index in [1.54, 1.807) is 0 Å². The molecule has 1 heterocycles. The van der Waals surface area contributed by atoms with Crippen molar-refractivity contribution in [1.82, 2.24) is 9.55 Å². The van der Waals surface area contributed by atoms with Gasteiger partial charge in [-0.2, -0.15) is 0 Å². The van der Waals surface area contributed by atoms with Crippen LogP contribution in [0.4, 0.5) is 0 Å². The molecule has 0 aliphatic carbocycles. The maximum atomic E-state index is 5.81. The Morgan fingerprint density at radius 2 is 1.94 bits per heavy atom. The quantitative estimate of drug-likeness (QED) is 0.879. The van der Waals surface area contributed by atoms with E-state index in [-0.39, 0.29) is 0 Å². The lowest BCUT2D eigenvalue weighted by Crippen LogP contribution is -2.19. The molecule has 0 bridgehead atoms. The summed E-state index contributed by atoms with van der Waals surface area (Å²) >= 11 is 0. The van der Waals surface area contributed by atoms with Crippen molar-refractivity contribution in [2.75, 3.05) is 6.54 Å². The van der Waals surface area contributed by atoms with E-state index in [0.29, 0.717) is 18.5 Å². The molecule has 2 rings (SSSR count). The molecule has 3 nitrogen and oxygen atoms in total. The Hall–Kier alpha value is -1.35. The van der Waals surface area contributed by atoms with E-state index < -0.39 is 0 Å². The Balaban J connectivity index is 2.56. The molecule has 0 fully saturated rings. The average Bonchev–Trinajstić information content (AvgIpc) is 2.65. The van der Waals surface area contributed by atoms with Crippen molar-refractivity contribution in [3.05, 3.63) is 30.1 Å². The Labute approximate surface area is 103 Å². The van der Waals surface area contributed by atoms with Crippen molar-refractivity contribution >= 4 is 11.0 Å². The molecule has 0 spiro atoms. The van der Waals surface area contributed by atoms with Gasteiger partial charge in [0.15, 0.2) is 0 Å². The largest absolute Gasteiger partial charge is 0.328 e. The van der Waals surface area contributed by atoms with Gasteiger partial charge in [-0.1, -0.05) is 26.0 Å². The van der Waals surface area contributed by atoms with Gasteiger partial charge in [-0.25, -0.2) is 4.98 Å². The molecule has 17 heavy (non-hydrogen) atoms. The summed E-state index contributed by atoms with van der Waals surface area (Å²) < 4.78 is 2.29. The van der Waals surface area contributed by atoms with Crippen LogP contribution in [0.3, 0.4) is 0 Å². The molecular formula is C14H21N3. The van der Waals surface area contributed by atoms with Gasteiger partial charge in [0.2, 0.25) is 0 Å². The summed E-state index contributed by atoms with van der Waals surface area (Å²) in [6.45, 7) is 7.23. The highest BCUT2D eigenvalue weighted by Gasteiger charge is 2.15. The number of hydrogen-bond donors (Lipinski definition) is 1. The number of nitrogens with two attached hydrogens (primary N) is 1. The van der Waals surface area contributed by atoms with Crippen LogP contribution in [0.15, 0.2) is 24.3 Å². The molecule has 0 saturated heterocycles. The minimum Gasteiger partial charge on any atom is -0.328 e. The van der Waals surface area contributed by atoms with Gasteiger partial charge in [-0.05, 0) is 25.0 Å². The van der Waals surface area contributed by atoms with Crippen LogP contribution in [0, 0.1) is 5.92 Å². The molecule has 0 radical (unpaired) electrons. The Morgan fingerprint density at radius 1 is 1.24 bits per heavy atom. The molecule has 0 amide bonds. The van der Waals surface area contributed by atoms with E-state index in [0.717, 1.165) is 17.8 Å². The molecule has 0 aliphatic rings. The summed E-state index contributed by atoms with van der Waals surface area (Å²) in [5.41, 5.74) is 8.07. The van der Waals surface area contributed by atoms with Crippen LogP contribution in [-0.2, 0) is 6.42 Å². The first-order valence-corrected chi connectivity index (χ1v) is 6.29. The van der Waals surface area contributed by atoms with E-state index in [9.17, 15) is 0 Å². The van der Waals surface area contributed by atoms with Gasteiger partial charge in [0.05, 0.1) is 11.0 Å². The standard InChI is InChI=1S/C14H21N3/c1-10(2)8-14-16-12-6-4-5-7-13(12)17(14)11(3)9-15/h4-7,10-11H,8-9,15H2,1-3H3. The zero-order valence-electron chi connectivity index (χ0n) is 10.9. The fourth-order valence-corrected chi connectivity index (χ4v) is 2.20. The summed E-state index contributed by atoms with van der Waals surface area (Å²) in [5, 5.41) is 0. The second-order valence-corrected chi connectivity index (χ2v) is 5.07. The number of nitrogens with zero attached hydrogens (tertiary/aromatic N) is 2. The zero-order valence-corrected chi connectivity index (χ0v) is 10.9. The van der Waals surface area contributed by atoms with Crippen LogP contribution >= 0.6 is 0 Å². The molecule has 0 saturated carbocycles. The zero-order chi connectivity index (χ0) is 12.4. The van der Waals surface area contributed by atoms with Gasteiger partial charge in [0, 0.05) is 19.0 Å². The number of rotatable bonds is 4. The predicted octanol–water partition coefficient (Wildman–Crippen LogP) is 2.75. The third kappa shape index (κ3) is 2.34. The topological polar surface area (TPSA) is 43.8 Å². The highest BCUT2D eigenvalue weighted by Crippen LogP contribution is 2.22. The fourth-order valence-electron chi connectivity index (χ4n) is 2.20. The molecule has 3 heteroatoms. The fraction of sp³-hybridized carbons (Fsp3) is 0.500. The third-order valence-electron chi connectivity index (χ3n) is 3.04. The maximum Gasteiger partial charge on any atom is 0.110 e. The number of aromatic nitrogens is 2. The van der Waals surface area contributed by atoms with Gasteiger partial charge in [-0.15, -0.1) is 0 Å². The predicted molar refractivity (Wildman–Crippen MR) is 72.0 cm³/mol. The van der Waals surface area contributed by atoms with Gasteiger partial charge in [0.25, 0.3) is 0 Å². The van der Waals surface area contributed by atoms with E-state index in [2.05, 4.69) is 43.5 Å². The van der Waals surface area contributed by atoms with E-state index in [4.69, 9.17) is 10.7 Å². The van der Waals surface area contributed by atoms with Crippen molar-refractivity contribution in [1.29, 1.82) is 0 Å². The molecule has 1 unspecified atom stereocenters. The number of para-hydroxylation sites is 2. The normalized spacial score (nSPS) is 13.5. The Morgan fingerprint density at radius 3 is 2.59 bits per heavy atom. The number of imidazole rings is 1. The molecule has 1 aromatic heterocycles. The van der Waals surface area contributed by atoms with E-state index in [1.165, 1.54) is 5.52 Å². The van der Waals surface area contributed by atoms with Crippen LogP contribution in [0.2, 0.25) is 0 Å². The molecule has 2 aromatic rings. The van der Waals surface area contributed by atoms with Gasteiger partial charge < -0.3 is 10.3 Å². The smallest absolute Gasteiger partial charge is 0.110 e. The second kappa shape index (κ2) is 4.88. The monoisotopic (exact) mass is 231 g/mol. The van der Waals surface area contributed by atoms with Crippen LogP contribution in [-0.4, -0.2) is 16.1 Å². The Kier molecular flexibility index (Phi) is 3.48. The summed E-state index contributed by atoms with van der Waals surface area (Å²) in [6.07, 6.45) is 0.999. The lowest BCUT2D eigenvalue weighted by atomic mass is 10.1. The van der Waals surface area contributed by atoms with E-state index in [1.807, 2.05) is 6.07 Å². The van der Waals surface area contributed by atoms with Crippen molar-refractivity contribution < 1.29 is 0 Å². The number of hydrogen-bond acceptors (Lipinski definition) is 2. The van der Waals surface area contributed by atoms with Crippen LogP contribution in [0.1, 0.15) is 32.6 Å². The minimum absolute atomic E-state index is 0.302. The first-order chi connectivity index (χ1) is 8.13. The lowest BCUT2D eigenvalue weighted by molar-refractivity contribution is 0.517. The van der Waals surface area contributed by atoms with Gasteiger partial charge in [0.1, 0.15) is 5.82 Å². The van der Waals surface area contributed by atoms with Crippen molar-refractivity contribution in [2.45, 2.75) is 33.2 Å². The molecule has 0 aliphatic heterocycles. The molecule has 1 atom stereocenters. The number of fused-ring (bicyclic) bond motifs is 1. The molecule has 2 N–H and O–H groups in total. The van der Waals surface area contributed by atoms with Crippen molar-refractivity contribution in [2.24, 2.45) is 11.7 Å². The minimum atomic E-state index is 0.302. The van der Waals surface area contributed by atoms with Crippen LogP contribution < -0.4 is 5.73 Å². The Bertz CT molecular complexity index is 499. The third-order valence-corrected chi connectivity index (χ3v) is 3.04. The summed E-state index contributed by atoms with van der Waals surface area (Å²) in [7, 11) is 0. The van der Waals surface area contributed by atoms with Crippen molar-refractivity contribution in [3.8, 4) is 0 Å². The first kappa shape index (κ1) is 12.1. The summed E-state index contributed by atoms with van der Waals surface area (Å²) in [4.78, 5) is 4.73.